The van der Waals surface area contributed by atoms with Crippen LogP contribution in [-0.2, 0) is 24.9 Å². The summed E-state index contributed by atoms with van der Waals surface area (Å²) in [6.45, 7) is 6.64. The standard InChI is InChI=1S/C14H19NO6S2.Na/c1-10-14(2,3)12-9-11(22-21-20-16)5-6-13(12)15(10)7-4-8-23(17,18)19;/h5-6,9H,4,7-8H2,1-3H3,(H-,16,17,18,19);/q;+1. The molecular formula is C14H19NNaO6S2+. The summed E-state index contributed by atoms with van der Waals surface area (Å²) < 4.78 is 37.0. The molecule has 0 radical (unpaired) electrons. The first-order valence-corrected chi connectivity index (χ1v) is 9.36. The van der Waals surface area contributed by atoms with Crippen molar-refractivity contribution in [3.8, 4) is 0 Å². The van der Waals surface area contributed by atoms with E-state index in [2.05, 4.69) is 27.8 Å². The van der Waals surface area contributed by atoms with Gasteiger partial charge in [0, 0.05) is 29.9 Å². The molecule has 24 heavy (non-hydrogen) atoms. The number of rotatable bonds is 7. The minimum Gasteiger partial charge on any atom is -0.691 e. The van der Waals surface area contributed by atoms with Crippen LogP contribution in [0.15, 0.2) is 23.1 Å². The molecule has 0 fully saturated rings. The summed E-state index contributed by atoms with van der Waals surface area (Å²) in [4.78, 5) is 0.736. The van der Waals surface area contributed by atoms with Crippen LogP contribution in [-0.4, -0.2) is 35.6 Å². The minimum atomic E-state index is -3.96. The maximum absolute atomic E-state index is 10.9. The van der Waals surface area contributed by atoms with E-state index in [1.807, 2.05) is 19.1 Å². The third kappa shape index (κ3) is 5.03. The predicted molar refractivity (Wildman–Crippen MR) is 84.0 cm³/mol. The molecule has 0 aliphatic carbocycles. The van der Waals surface area contributed by atoms with Gasteiger partial charge in [0.1, 0.15) is 6.54 Å². The van der Waals surface area contributed by atoms with Crippen LogP contribution in [0.2, 0.25) is 0 Å². The molecule has 0 unspecified atom stereocenters. The third-order valence-electron chi connectivity index (χ3n) is 4.18. The summed E-state index contributed by atoms with van der Waals surface area (Å²) >= 11 is 0.836. The van der Waals surface area contributed by atoms with Crippen LogP contribution in [0, 0.1) is 0 Å². The van der Waals surface area contributed by atoms with Gasteiger partial charge in [-0.3, -0.25) is 9.59 Å². The molecule has 1 N–H and O–H groups in total. The molecule has 1 heterocycles. The van der Waals surface area contributed by atoms with Crippen molar-refractivity contribution < 1.29 is 61.7 Å². The predicted octanol–water partition coefficient (Wildman–Crippen LogP) is -1.40. The Hall–Kier alpha value is 0.0300. The fourth-order valence-corrected chi connectivity index (χ4v) is 3.65. The van der Waals surface area contributed by atoms with E-state index < -0.39 is 10.1 Å². The van der Waals surface area contributed by atoms with Crippen molar-refractivity contribution in [1.82, 2.24) is 0 Å². The van der Waals surface area contributed by atoms with Gasteiger partial charge in [0.15, 0.2) is 5.71 Å². The zero-order valence-electron chi connectivity index (χ0n) is 14.1. The van der Waals surface area contributed by atoms with Gasteiger partial charge in [0.05, 0.1) is 23.2 Å². The quantitative estimate of drug-likeness (QED) is 0.154. The summed E-state index contributed by atoms with van der Waals surface area (Å²) in [6, 6.07) is 5.62. The van der Waals surface area contributed by atoms with Gasteiger partial charge in [-0.25, -0.2) is 0 Å². The molecule has 0 bridgehead atoms. The van der Waals surface area contributed by atoms with Gasteiger partial charge in [-0.05, 0) is 26.0 Å². The molecule has 0 aromatic heterocycles. The molecule has 0 saturated carbocycles. The first kappa shape index (κ1) is 22.1. The Kier molecular flexibility index (Phi) is 7.92. The Morgan fingerprint density at radius 3 is 2.62 bits per heavy atom. The molecule has 1 aromatic rings. The molecule has 10 heteroatoms. The van der Waals surface area contributed by atoms with Crippen LogP contribution in [0.1, 0.15) is 32.8 Å². The Balaban J connectivity index is 0.00000288. The smallest absolute Gasteiger partial charge is 0.691 e. The second kappa shape index (κ2) is 8.61. The second-order valence-corrected chi connectivity index (χ2v) is 8.25. The van der Waals surface area contributed by atoms with E-state index in [-0.39, 0.29) is 40.7 Å². The summed E-state index contributed by atoms with van der Waals surface area (Å²) in [7, 11) is -3.96. The molecule has 1 aromatic carbocycles. The van der Waals surface area contributed by atoms with Crippen molar-refractivity contribution in [2.75, 3.05) is 12.3 Å². The number of fused-ring (bicyclic) bond motifs is 1. The zero-order valence-corrected chi connectivity index (χ0v) is 17.7. The number of hydrogen-bond acceptors (Lipinski definition) is 6. The molecule has 1 aliphatic rings. The van der Waals surface area contributed by atoms with E-state index >= 15 is 0 Å². The Bertz CT molecular complexity index is 733. The summed E-state index contributed by atoms with van der Waals surface area (Å²) in [5.41, 5.74) is 2.89. The summed E-state index contributed by atoms with van der Waals surface area (Å²) in [6.07, 6.45) is 0.329. The van der Waals surface area contributed by atoms with Crippen molar-refractivity contribution in [3.05, 3.63) is 23.8 Å². The average molecular weight is 384 g/mol. The largest absolute Gasteiger partial charge is 1.00 e. The molecular weight excluding hydrogens is 365 g/mol. The van der Waals surface area contributed by atoms with E-state index in [1.54, 1.807) is 6.07 Å². The normalized spacial score (nSPS) is 16.0. The van der Waals surface area contributed by atoms with Crippen molar-refractivity contribution in [3.63, 3.8) is 0 Å². The van der Waals surface area contributed by atoms with E-state index in [1.165, 1.54) is 0 Å². The molecule has 0 atom stereocenters. The van der Waals surface area contributed by atoms with Crippen molar-refractivity contribution >= 4 is 33.6 Å². The molecule has 0 spiro atoms. The zero-order chi connectivity index (χ0) is 17.3. The van der Waals surface area contributed by atoms with E-state index in [4.69, 9.17) is 4.55 Å². The SMILES string of the molecule is CC1=[N+](CCCS(=O)(=O)O)c2ccc(SOO[O-])cc2C1(C)C.[Na+]. The van der Waals surface area contributed by atoms with Crippen LogP contribution in [0.4, 0.5) is 5.69 Å². The number of nitrogens with zero attached hydrogens (tertiary/aromatic N) is 1. The van der Waals surface area contributed by atoms with Crippen molar-refractivity contribution in [2.45, 2.75) is 37.5 Å². The van der Waals surface area contributed by atoms with E-state index in [9.17, 15) is 13.7 Å². The monoisotopic (exact) mass is 384 g/mol. The van der Waals surface area contributed by atoms with Crippen LogP contribution in [0.3, 0.4) is 0 Å². The van der Waals surface area contributed by atoms with Gasteiger partial charge in [0.2, 0.25) is 5.69 Å². The Morgan fingerprint density at radius 1 is 1.38 bits per heavy atom. The van der Waals surface area contributed by atoms with Gasteiger partial charge in [-0.1, -0.05) is 0 Å². The van der Waals surface area contributed by atoms with Crippen LogP contribution in [0.5, 0.6) is 0 Å². The van der Waals surface area contributed by atoms with Crippen molar-refractivity contribution in [1.29, 1.82) is 0 Å². The number of benzene rings is 1. The Morgan fingerprint density at radius 2 is 2.04 bits per heavy atom. The number of hydrogen-bond donors (Lipinski definition) is 1. The van der Waals surface area contributed by atoms with Gasteiger partial charge in [-0.15, -0.1) is 0 Å². The second-order valence-electron chi connectivity index (χ2n) is 5.90. The van der Waals surface area contributed by atoms with Gasteiger partial charge in [0.25, 0.3) is 10.1 Å². The fourth-order valence-electron chi connectivity index (χ4n) is 2.76. The molecule has 0 saturated heterocycles. The van der Waals surface area contributed by atoms with Gasteiger partial charge >= 0.3 is 29.6 Å². The van der Waals surface area contributed by atoms with E-state index in [0.29, 0.717) is 13.0 Å². The average Bonchev–Trinajstić information content (AvgIpc) is 2.65. The van der Waals surface area contributed by atoms with Crippen LogP contribution < -0.4 is 34.8 Å². The molecule has 2 rings (SSSR count). The first-order chi connectivity index (χ1) is 10.7. The Labute approximate surface area is 168 Å². The fraction of sp³-hybridized carbons (Fsp3) is 0.500. The summed E-state index contributed by atoms with van der Waals surface area (Å²) in [5, 5.41) is 13.3. The van der Waals surface area contributed by atoms with E-state index in [0.717, 1.165) is 33.9 Å². The maximum atomic E-state index is 10.9. The first-order valence-electron chi connectivity index (χ1n) is 7.01. The van der Waals surface area contributed by atoms with Crippen molar-refractivity contribution in [2.24, 2.45) is 0 Å². The summed E-state index contributed by atoms with van der Waals surface area (Å²) in [5.74, 6) is -0.269. The van der Waals surface area contributed by atoms with Gasteiger partial charge in [-0.2, -0.15) is 17.3 Å². The molecule has 7 nitrogen and oxygen atoms in total. The third-order valence-corrected chi connectivity index (χ3v) is 5.56. The topological polar surface area (TPSA) is 98.9 Å². The van der Waals surface area contributed by atoms with Crippen LogP contribution >= 0.6 is 12.0 Å². The van der Waals surface area contributed by atoms with Gasteiger partial charge < -0.3 is 5.26 Å². The van der Waals surface area contributed by atoms with Crippen LogP contribution in [0.25, 0.3) is 0 Å². The molecule has 0 amide bonds. The molecule has 1 aliphatic heterocycles. The minimum absolute atomic E-state index is 0. The molecule has 128 valence electrons. The maximum Gasteiger partial charge on any atom is 1.00 e.